The number of rotatable bonds is 1. The van der Waals surface area contributed by atoms with Gasteiger partial charge in [0.1, 0.15) is 5.69 Å². The van der Waals surface area contributed by atoms with Crippen molar-refractivity contribution in [2.45, 2.75) is 13.8 Å². The highest BCUT2D eigenvalue weighted by molar-refractivity contribution is 5.50. The van der Waals surface area contributed by atoms with Gasteiger partial charge < -0.3 is 5.21 Å². The summed E-state index contributed by atoms with van der Waals surface area (Å²) in [5.41, 5.74) is 2.90. The topological polar surface area (TPSA) is 39.8 Å². The zero-order valence-corrected chi connectivity index (χ0v) is 8.77. The molecule has 0 saturated heterocycles. The number of hydrogen-bond acceptors (Lipinski definition) is 2. The Balaban J connectivity index is 2.59. The van der Waals surface area contributed by atoms with E-state index in [1.807, 2.05) is 31.2 Å². The summed E-state index contributed by atoms with van der Waals surface area (Å²) in [7, 11) is 0. The maximum Gasteiger partial charge on any atom is 0.242 e. The molecule has 2 rings (SSSR count). The van der Waals surface area contributed by atoms with Crippen molar-refractivity contribution in [3.63, 3.8) is 0 Å². The van der Waals surface area contributed by atoms with Crippen LogP contribution in [0, 0.1) is 19.1 Å². The minimum absolute atomic E-state index is 0.596. The average molecular weight is 200 g/mol. The molecule has 2 heterocycles. The lowest BCUT2D eigenvalue weighted by Crippen LogP contribution is -2.32. The first-order valence-corrected chi connectivity index (χ1v) is 4.82. The van der Waals surface area contributed by atoms with E-state index in [0.717, 1.165) is 10.4 Å². The third kappa shape index (κ3) is 1.81. The second-order valence-corrected chi connectivity index (χ2v) is 3.51. The van der Waals surface area contributed by atoms with Gasteiger partial charge in [0.2, 0.25) is 5.69 Å². The van der Waals surface area contributed by atoms with Crippen molar-refractivity contribution in [3.8, 4) is 11.4 Å². The van der Waals surface area contributed by atoms with Crippen LogP contribution in [-0.4, -0.2) is 4.98 Å². The Labute approximate surface area is 88.6 Å². The zero-order valence-electron chi connectivity index (χ0n) is 8.77. The highest BCUT2D eigenvalue weighted by Gasteiger charge is 2.10. The molecule has 3 nitrogen and oxygen atoms in total. The molecular weight excluding hydrogens is 188 g/mol. The third-order valence-electron chi connectivity index (χ3n) is 2.28. The van der Waals surface area contributed by atoms with Gasteiger partial charge in [0.25, 0.3) is 0 Å². The molecule has 0 aliphatic carbocycles. The predicted molar refractivity (Wildman–Crippen MR) is 58.1 cm³/mol. The summed E-state index contributed by atoms with van der Waals surface area (Å²) in [5.74, 6) is 0. The molecule has 0 aromatic carbocycles. The largest absolute Gasteiger partial charge is 0.618 e. The Kier molecular flexibility index (Phi) is 2.37. The van der Waals surface area contributed by atoms with Crippen LogP contribution in [0.15, 0.2) is 36.4 Å². The summed E-state index contributed by atoms with van der Waals surface area (Å²) in [6.45, 7) is 3.70. The van der Waals surface area contributed by atoms with E-state index in [1.165, 1.54) is 0 Å². The van der Waals surface area contributed by atoms with E-state index in [1.54, 1.807) is 19.1 Å². The summed E-state index contributed by atoms with van der Waals surface area (Å²) in [6.07, 6.45) is 0. The first-order valence-electron chi connectivity index (χ1n) is 4.82. The van der Waals surface area contributed by atoms with Crippen molar-refractivity contribution in [2.75, 3.05) is 0 Å². The van der Waals surface area contributed by atoms with Crippen LogP contribution in [0.4, 0.5) is 0 Å². The van der Waals surface area contributed by atoms with E-state index >= 15 is 0 Å². The molecule has 2 aromatic rings. The van der Waals surface area contributed by atoms with Crippen molar-refractivity contribution in [1.82, 2.24) is 4.98 Å². The molecular formula is C12H12N2O. The lowest BCUT2D eigenvalue weighted by Gasteiger charge is -2.06. The van der Waals surface area contributed by atoms with Gasteiger partial charge in [-0.2, -0.15) is 4.73 Å². The van der Waals surface area contributed by atoms with Crippen LogP contribution in [0.3, 0.4) is 0 Å². The SMILES string of the molecule is Cc1cccc(-c2cccc(C)[n+]2[O-])n1. The molecule has 0 fully saturated rings. The first-order chi connectivity index (χ1) is 7.18. The number of aryl methyl sites for hydroxylation is 2. The molecule has 0 aliphatic rings. The van der Waals surface area contributed by atoms with Crippen molar-refractivity contribution in [3.05, 3.63) is 53.0 Å². The van der Waals surface area contributed by atoms with Gasteiger partial charge in [0, 0.05) is 24.8 Å². The van der Waals surface area contributed by atoms with Crippen LogP contribution < -0.4 is 4.73 Å². The van der Waals surface area contributed by atoms with Crippen LogP contribution in [0.2, 0.25) is 0 Å². The van der Waals surface area contributed by atoms with Crippen LogP contribution in [0.25, 0.3) is 11.4 Å². The molecule has 0 aliphatic heterocycles. The fourth-order valence-electron chi connectivity index (χ4n) is 1.48. The fourth-order valence-corrected chi connectivity index (χ4v) is 1.48. The van der Waals surface area contributed by atoms with Gasteiger partial charge in [-0.15, -0.1) is 0 Å². The number of aromatic nitrogens is 2. The smallest absolute Gasteiger partial charge is 0.242 e. The minimum Gasteiger partial charge on any atom is -0.618 e. The van der Waals surface area contributed by atoms with E-state index in [0.29, 0.717) is 17.1 Å². The molecule has 0 spiro atoms. The van der Waals surface area contributed by atoms with Crippen LogP contribution in [0.1, 0.15) is 11.4 Å². The maximum atomic E-state index is 11.8. The molecule has 0 saturated carbocycles. The Morgan fingerprint density at radius 3 is 2.53 bits per heavy atom. The molecule has 15 heavy (non-hydrogen) atoms. The Hall–Kier alpha value is -1.90. The highest BCUT2D eigenvalue weighted by atomic mass is 16.5. The monoisotopic (exact) mass is 200 g/mol. The standard InChI is InChI=1S/C12H12N2O/c1-9-5-3-7-11(13-9)12-8-4-6-10(2)14(12)15/h3-8H,1-2H3. The summed E-state index contributed by atoms with van der Waals surface area (Å²) in [6, 6.07) is 11.1. The highest BCUT2D eigenvalue weighted by Crippen LogP contribution is 2.12. The summed E-state index contributed by atoms with van der Waals surface area (Å²) in [5, 5.41) is 11.8. The quantitative estimate of drug-likeness (QED) is 0.521. The van der Waals surface area contributed by atoms with Crippen molar-refractivity contribution in [2.24, 2.45) is 0 Å². The summed E-state index contributed by atoms with van der Waals surface area (Å²) < 4.78 is 0.905. The Morgan fingerprint density at radius 2 is 1.80 bits per heavy atom. The number of pyridine rings is 2. The van der Waals surface area contributed by atoms with E-state index in [2.05, 4.69) is 4.98 Å². The van der Waals surface area contributed by atoms with Gasteiger partial charge in [-0.3, -0.25) is 0 Å². The van der Waals surface area contributed by atoms with Gasteiger partial charge in [-0.25, -0.2) is 4.98 Å². The summed E-state index contributed by atoms with van der Waals surface area (Å²) >= 11 is 0. The van der Waals surface area contributed by atoms with Crippen molar-refractivity contribution < 1.29 is 4.73 Å². The molecule has 0 N–H and O–H groups in total. The zero-order chi connectivity index (χ0) is 10.8. The third-order valence-corrected chi connectivity index (χ3v) is 2.28. The lowest BCUT2D eigenvalue weighted by molar-refractivity contribution is -0.600. The van der Waals surface area contributed by atoms with E-state index in [-0.39, 0.29) is 0 Å². The minimum atomic E-state index is 0.596. The number of hydrogen-bond donors (Lipinski definition) is 0. The first kappa shape index (κ1) is 9.65. The molecule has 0 bridgehead atoms. The predicted octanol–water partition coefficient (Wildman–Crippen LogP) is 2.00. The molecule has 0 unspecified atom stereocenters. The van der Waals surface area contributed by atoms with Gasteiger partial charge >= 0.3 is 0 Å². The molecule has 3 heteroatoms. The van der Waals surface area contributed by atoms with Gasteiger partial charge in [-0.1, -0.05) is 6.07 Å². The second kappa shape index (κ2) is 3.69. The molecule has 76 valence electrons. The van der Waals surface area contributed by atoms with E-state index in [4.69, 9.17) is 0 Å². The molecule has 2 aromatic heterocycles. The fraction of sp³-hybridized carbons (Fsp3) is 0.167. The van der Waals surface area contributed by atoms with Crippen molar-refractivity contribution in [1.29, 1.82) is 0 Å². The molecule has 0 atom stereocenters. The normalized spacial score (nSPS) is 10.3. The maximum absolute atomic E-state index is 11.8. The average Bonchev–Trinajstić information content (AvgIpc) is 2.22. The van der Waals surface area contributed by atoms with Crippen LogP contribution >= 0.6 is 0 Å². The van der Waals surface area contributed by atoms with Crippen molar-refractivity contribution >= 4 is 0 Å². The van der Waals surface area contributed by atoms with E-state index in [9.17, 15) is 5.21 Å². The lowest BCUT2D eigenvalue weighted by atomic mass is 10.2. The Bertz CT molecular complexity index is 495. The summed E-state index contributed by atoms with van der Waals surface area (Å²) in [4.78, 5) is 4.32. The van der Waals surface area contributed by atoms with Gasteiger partial charge in [0.05, 0.1) is 0 Å². The van der Waals surface area contributed by atoms with Crippen LogP contribution in [0.5, 0.6) is 0 Å². The van der Waals surface area contributed by atoms with Gasteiger partial charge in [-0.05, 0) is 25.1 Å². The number of nitrogens with zero attached hydrogens (tertiary/aromatic N) is 2. The second-order valence-electron chi connectivity index (χ2n) is 3.51. The Morgan fingerprint density at radius 1 is 1.07 bits per heavy atom. The van der Waals surface area contributed by atoms with E-state index < -0.39 is 0 Å². The van der Waals surface area contributed by atoms with Gasteiger partial charge in [0.15, 0.2) is 5.69 Å². The van der Waals surface area contributed by atoms with Crippen LogP contribution in [-0.2, 0) is 0 Å². The molecule has 0 amide bonds. The molecule has 0 radical (unpaired) electrons.